The molecule has 0 fully saturated rings. The molecule has 0 saturated heterocycles. The van der Waals surface area contributed by atoms with Gasteiger partial charge >= 0.3 is 0 Å². The van der Waals surface area contributed by atoms with Crippen LogP contribution in [0.1, 0.15) is 5.56 Å². The Morgan fingerprint density at radius 1 is 1.57 bits per heavy atom. The van der Waals surface area contributed by atoms with Crippen LogP contribution in [-0.2, 0) is 0 Å². The van der Waals surface area contributed by atoms with Crippen LogP contribution < -0.4 is 5.73 Å². The molecule has 4 N–H and O–H groups in total. The molecule has 76 valence electrons. The van der Waals surface area contributed by atoms with Crippen molar-refractivity contribution in [1.82, 2.24) is 0 Å². The number of nitrogens with two attached hydrogens (primary N) is 1. The fourth-order valence-corrected chi connectivity index (χ4v) is 1.79. The van der Waals surface area contributed by atoms with Gasteiger partial charge in [0, 0.05) is 16.2 Å². The number of aliphatic hydroxyl groups excluding tert-OH is 1. The van der Waals surface area contributed by atoms with Gasteiger partial charge in [0.15, 0.2) is 0 Å². The van der Waals surface area contributed by atoms with E-state index in [0.717, 1.165) is 0 Å². The minimum atomic E-state index is -0.413. The number of hydrogen-bond acceptors (Lipinski definition) is 3. The summed E-state index contributed by atoms with van der Waals surface area (Å²) in [6.45, 7) is 0.0411. The summed E-state index contributed by atoms with van der Waals surface area (Å²) in [6, 6.07) is 4.10. The fraction of sp³-hybridized carbons (Fsp3) is 0.222. The van der Waals surface area contributed by atoms with Gasteiger partial charge in [-0.1, -0.05) is 0 Å². The first-order chi connectivity index (χ1) is 6.65. The molecule has 1 aromatic carbocycles. The maximum atomic E-state index is 12.8. The largest absolute Gasteiger partial charge is 0.396 e. The summed E-state index contributed by atoms with van der Waals surface area (Å²) in [6.07, 6.45) is 0. The highest BCUT2D eigenvalue weighted by atomic mass is 32.2. The van der Waals surface area contributed by atoms with Crippen molar-refractivity contribution in [2.45, 2.75) is 4.90 Å². The lowest BCUT2D eigenvalue weighted by Crippen LogP contribution is -2.12. The van der Waals surface area contributed by atoms with Gasteiger partial charge in [0.05, 0.1) is 6.61 Å². The van der Waals surface area contributed by atoms with Crippen molar-refractivity contribution < 1.29 is 9.50 Å². The quantitative estimate of drug-likeness (QED) is 0.400. The number of hydrogen-bond donors (Lipinski definition) is 3. The zero-order valence-corrected chi connectivity index (χ0v) is 8.27. The molecule has 0 spiro atoms. The third kappa shape index (κ3) is 2.71. The minimum Gasteiger partial charge on any atom is -0.396 e. The average molecular weight is 214 g/mol. The van der Waals surface area contributed by atoms with Crippen LogP contribution in [0.15, 0.2) is 23.1 Å². The lowest BCUT2D eigenvalue weighted by atomic mass is 10.2. The number of nitrogen functional groups attached to an aromatic ring is 1. The molecule has 14 heavy (non-hydrogen) atoms. The molecule has 0 aromatic heterocycles. The smallest absolute Gasteiger partial charge is 0.124 e. The fourth-order valence-electron chi connectivity index (χ4n) is 0.994. The second-order valence-electron chi connectivity index (χ2n) is 2.63. The van der Waals surface area contributed by atoms with Crippen LogP contribution in [0.2, 0.25) is 0 Å². The van der Waals surface area contributed by atoms with Crippen LogP contribution in [0.3, 0.4) is 0 Å². The van der Waals surface area contributed by atoms with E-state index in [1.54, 1.807) is 6.07 Å². The van der Waals surface area contributed by atoms with E-state index >= 15 is 0 Å². The van der Waals surface area contributed by atoms with Gasteiger partial charge in [-0.15, -0.1) is 11.8 Å². The van der Waals surface area contributed by atoms with Crippen LogP contribution in [-0.4, -0.2) is 23.3 Å². The second kappa shape index (κ2) is 4.97. The van der Waals surface area contributed by atoms with Crippen LogP contribution in [0.25, 0.3) is 0 Å². The van der Waals surface area contributed by atoms with Gasteiger partial charge in [0.2, 0.25) is 0 Å². The summed E-state index contributed by atoms with van der Waals surface area (Å²) in [7, 11) is 0. The Labute approximate surface area is 85.6 Å². The van der Waals surface area contributed by atoms with Crippen molar-refractivity contribution in [2.75, 3.05) is 12.4 Å². The first-order valence-electron chi connectivity index (χ1n) is 4.02. The van der Waals surface area contributed by atoms with Crippen LogP contribution >= 0.6 is 11.8 Å². The number of benzene rings is 1. The molecule has 1 aromatic rings. The zero-order chi connectivity index (χ0) is 10.6. The van der Waals surface area contributed by atoms with E-state index in [1.807, 2.05) is 0 Å². The van der Waals surface area contributed by atoms with Crippen molar-refractivity contribution in [3.05, 3.63) is 29.6 Å². The molecule has 0 unspecified atom stereocenters. The number of halogens is 1. The van der Waals surface area contributed by atoms with Gasteiger partial charge in [-0.05, 0) is 18.2 Å². The Morgan fingerprint density at radius 2 is 2.29 bits per heavy atom. The standard InChI is InChI=1S/C9H11FN2OS/c10-6-1-2-8(14-4-3-13)7(5-6)9(11)12/h1-2,5,13H,3-4H2,(H3,11,12). The van der Waals surface area contributed by atoms with Gasteiger partial charge in [-0.2, -0.15) is 0 Å². The highest BCUT2D eigenvalue weighted by molar-refractivity contribution is 7.99. The molecule has 0 aliphatic rings. The van der Waals surface area contributed by atoms with Gasteiger partial charge in [-0.3, -0.25) is 5.41 Å². The molecule has 5 heteroatoms. The topological polar surface area (TPSA) is 70.1 Å². The number of rotatable bonds is 4. The maximum Gasteiger partial charge on any atom is 0.124 e. The molecule has 0 bridgehead atoms. The molecule has 0 aliphatic heterocycles. The van der Waals surface area contributed by atoms with Crippen LogP contribution in [0, 0.1) is 11.2 Å². The first-order valence-corrected chi connectivity index (χ1v) is 5.01. The summed E-state index contributed by atoms with van der Waals surface area (Å²) < 4.78 is 12.8. The predicted molar refractivity (Wildman–Crippen MR) is 55.2 cm³/mol. The van der Waals surface area contributed by atoms with Crippen molar-refractivity contribution in [3.63, 3.8) is 0 Å². The molecular weight excluding hydrogens is 203 g/mol. The van der Waals surface area contributed by atoms with Gasteiger partial charge < -0.3 is 10.8 Å². The Morgan fingerprint density at radius 3 is 2.86 bits per heavy atom. The van der Waals surface area contributed by atoms with Crippen molar-refractivity contribution in [1.29, 1.82) is 5.41 Å². The molecule has 0 amide bonds. The molecule has 0 radical (unpaired) electrons. The number of aliphatic hydroxyl groups is 1. The summed E-state index contributed by atoms with van der Waals surface area (Å²) in [5.74, 6) is -0.0696. The maximum absolute atomic E-state index is 12.8. The summed E-state index contributed by atoms with van der Waals surface area (Å²) in [5.41, 5.74) is 5.67. The second-order valence-corrected chi connectivity index (χ2v) is 3.76. The van der Waals surface area contributed by atoms with E-state index in [-0.39, 0.29) is 12.4 Å². The van der Waals surface area contributed by atoms with E-state index in [9.17, 15) is 4.39 Å². The highest BCUT2D eigenvalue weighted by Gasteiger charge is 2.06. The number of nitrogens with one attached hydrogen (secondary N) is 1. The van der Waals surface area contributed by atoms with E-state index in [2.05, 4.69) is 0 Å². The summed E-state index contributed by atoms with van der Waals surface area (Å²) in [5, 5.41) is 15.9. The zero-order valence-electron chi connectivity index (χ0n) is 7.46. The van der Waals surface area contributed by atoms with Crippen LogP contribution in [0.5, 0.6) is 0 Å². The van der Waals surface area contributed by atoms with Crippen molar-refractivity contribution in [2.24, 2.45) is 5.73 Å². The van der Waals surface area contributed by atoms with Crippen molar-refractivity contribution in [3.8, 4) is 0 Å². The third-order valence-corrected chi connectivity index (χ3v) is 2.63. The number of thioether (sulfide) groups is 1. The first kappa shape index (κ1) is 11.0. The highest BCUT2D eigenvalue weighted by Crippen LogP contribution is 2.22. The number of amidine groups is 1. The monoisotopic (exact) mass is 214 g/mol. The lowest BCUT2D eigenvalue weighted by molar-refractivity contribution is 0.322. The molecule has 0 saturated carbocycles. The van der Waals surface area contributed by atoms with Gasteiger partial charge in [-0.25, -0.2) is 4.39 Å². The molecule has 0 heterocycles. The normalized spacial score (nSPS) is 10.1. The Kier molecular flexibility index (Phi) is 3.91. The molecule has 1 rings (SSSR count). The summed E-state index contributed by atoms with van der Waals surface area (Å²) in [4.78, 5) is 0.716. The summed E-state index contributed by atoms with van der Waals surface area (Å²) >= 11 is 1.35. The Hall–Kier alpha value is -1.07. The molecular formula is C9H11FN2OS. The SMILES string of the molecule is N=C(N)c1cc(F)ccc1SCCO. The lowest BCUT2D eigenvalue weighted by Gasteiger charge is -2.06. The van der Waals surface area contributed by atoms with Crippen LogP contribution in [0.4, 0.5) is 4.39 Å². The van der Waals surface area contributed by atoms with Crippen molar-refractivity contribution >= 4 is 17.6 Å². The predicted octanol–water partition coefficient (Wildman–Crippen LogP) is 1.19. The third-order valence-electron chi connectivity index (χ3n) is 1.58. The molecule has 0 atom stereocenters. The van der Waals surface area contributed by atoms with Gasteiger partial charge in [0.25, 0.3) is 0 Å². The van der Waals surface area contributed by atoms with Gasteiger partial charge in [0.1, 0.15) is 11.7 Å². The van der Waals surface area contributed by atoms with E-state index in [4.69, 9.17) is 16.2 Å². The van der Waals surface area contributed by atoms with E-state index in [0.29, 0.717) is 16.2 Å². The van der Waals surface area contributed by atoms with E-state index in [1.165, 1.54) is 23.9 Å². The Balaban J connectivity index is 2.96. The van der Waals surface area contributed by atoms with E-state index < -0.39 is 5.82 Å². The average Bonchev–Trinajstić information content (AvgIpc) is 2.15. The minimum absolute atomic E-state index is 0.0411. The molecule has 3 nitrogen and oxygen atoms in total. The Bertz CT molecular complexity index is 344. The molecule has 0 aliphatic carbocycles.